The van der Waals surface area contributed by atoms with Gasteiger partial charge in [-0.05, 0) is 43.3 Å². The van der Waals surface area contributed by atoms with Crippen LogP contribution < -0.4 is 10.1 Å². The Morgan fingerprint density at radius 2 is 1.62 bits per heavy atom. The fraction of sp³-hybridized carbons (Fsp3) is 0.222. The van der Waals surface area contributed by atoms with Gasteiger partial charge in [-0.15, -0.1) is 0 Å². The van der Waals surface area contributed by atoms with Crippen molar-refractivity contribution in [3.8, 4) is 11.5 Å². The predicted molar refractivity (Wildman–Crippen MR) is 89.0 cm³/mol. The van der Waals surface area contributed by atoms with Crippen LogP contribution in [0.25, 0.3) is 0 Å². The van der Waals surface area contributed by atoms with Crippen LogP contribution in [-0.4, -0.2) is 31.7 Å². The first-order valence-corrected chi connectivity index (χ1v) is 7.40. The summed E-state index contributed by atoms with van der Waals surface area (Å²) in [7, 11) is 1.38. The second-order valence-corrected chi connectivity index (χ2v) is 4.99. The monoisotopic (exact) mass is 329 g/mol. The van der Waals surface area contributed by atoms with Gasteiger partial charge in [0.25, 0.3) is 5.91 Å². The number of methoxy groups -OCH3 is 1. The van der Waals surface area contributed by atoms with E-state index in [0.29, 0.717) is 11.4 Å². The summed E-state index contributed by atoms with van der Waals surface area (Å²) in [4.78, 5) is 23.3. The Balaban J connectivity index is 1.89. The van der Waals surface area contributed by atoms with Crippen molar-refractivity contribution in [1.29, 1.82) is 0 Å². The fourth-order valence-corrected chi connectivity index (χ4v) is 1.88. The summed E-state index contributed by atoms with van der Waals surface area (Å²) >= 11 is 0. The third kappa shape index (κ3) is 5.40. The van der Waals surface area contributed by atoms with Gasteiger partial charge < -0.3 is 19.5 Å². The number of carbonyl (C=O) groups excluding carboxylic acids is 2. The van der Waals surface area contributed by atoms with Gasteiger partial charge in [0.15, 0.2) is 6.10 Å². The molecular formula is C18H19NO5. The molecule has 0 aliphatic rings. The molecule has 0 saturated heterocycles. The van der Waals surface area contributed by atoms with Crippen molar-refractivity contribution in [2.24, 2.45) is 0 Å². The number of ether oxygens (including phenoxy) is 3. The van der Waals surface area contributed by atoms with E-state index in [-0.39, 0.29) is 6.61 Å². The quantitative estimate of drug-likeness (QED) is 0.791. The van der Waals surface area contributed by atoms with Crippen LogP contribution in [0.3, 0.4) is 0 Å². The number of benzene rings is 2. The molecule has 126 valence electrons. The lowest BCUT2D eigenvalue weighted by Gasteiger charge is -2.13. The predicted octanol–water partition coefficient (Wildman–Crippen LogP) is 3.00. The zero-order valence-corrected chi connectivity index (χ0v) is 13.5. The lowest BCUT2D eigenvalue weighted by Crippen LogP contribution is -2.31. The number of esters is 1. The highest BCUT2D eigenvalue weighted by Crippen LogP contribution is 2.22. The fourth-order valence-electron chi connectivity index (χ4n) is 1.88. The number of nitrogens with one attached hydrogen (secondary N) is 1. The summed E-state index contributed by atoms with van der Waals surface area (Å²) < 4.78 is 15.2. The Hall–Kier alpha value is -2.86. The molecular weight excluding hydrogens is 310 g/mol. The van der Waals surface area contributed by atoms with Crippen molar-refractivity contribution < 1.29 is 23.8 Å². The molecule has 0 bridgehead atoms. The van der Waals surface area contributed by atoms with Gasteiger partial charge in [0.1, 0.15) is 18.1 Å². The molecule has 0 aliphatic carbocycles. The molecule has 0 saturated carbocycles. The molecule has 0 aromatic heterocycles. The average Bonchev–Trinajstić information content (AvgIpc) is 2.57. The molecule has 2 aromatic rings. The number of anilines is 1. The summed E-state index contributed by atoms with van der Waals surface area (Å²) in [6.07, 6.45) is -0.909. The summed E-state index contributed by atoms with van der Waals surface area (Å²) in [5.41, 5.74) is 0.579. The highest BCUT2D eigenvalue weighted by atomic mass is 16.6. The molecule has 1 atom stereocenters. The zero-order chi connectivity index (χ0) is 17.4. The Bertz CT molecular complexity index is 670. The second-order valence-electron chi connectivity index (χ2n) is 4.99. The zero-order valence-electron chi connectivity index (χ0n) is 13.5. The molecule has 2 aromatic carbocycles. The van der Waals surface area contributed by atoms with Crippen LogP contribution in [0.1, 0.15) is 6.92 Å². The molecule has 0 radical (unpaired) electrons. The minimum atomic E-state index is -0.909. The number of hydrogen-bond acceptors (Lipinski definition) is 5. The lowest BCUT2D eigenvalue weighted by atomic mass is 10.2. The molecule has 6 nitrogen and oxygen atoms in total. The van der Waals surface area contributed by atoms with E-state index in [2.05, 4.69) is 10.1 Å². The van der Waals surface area contributed by atoms with E-state index in [9.17, 15) is 9.59 Å². The summed E-state index contributed by atoms with van der Waals surface area (Å²) in [5, 5.41) is 2.67. The smallest absolute Gasteiger partial charge is 0.332 e. The standard InChI is InChI=1S/C18H19NO5/c1-13(23-17(20)12-22-2)18(21)19-14-8-10-16(11-9-14)24-15-6-4-3-5-7-15/h3-11,13H,12H2,1-2H3,(H,19,21)/t13-/m1/s1. The average molecular weight is 329 g/mol. The number of amides is 1. The van der Waals surface area contributed by atoms with Crippen molar-refractivity contribution in [2.45, 2.75) is 13.0 Å². The van der Waals surface area contributed by atoms with Crippen LogP contribution in [0, 0.1) is 0 Å². The van der Waals surface area contributed by atoms with Gasteiger partial charge in [-0.1, -0.05) is 18.2 Å². The maximum absolute atomic E-state index is 12.0. The molecule has 0 spiro atoms. The van der Waals surface area contributed by atoms with Crippen LogP contribution in [-0.2, 0) is 19.1 Å². The van der Waals surface area contributed by atoms with Gasteiger partial charge in [-0.25, -0.2) is 4.79 Å². The normalized spacial score (nSPS) is 11.4. The Morgan fingerprint density at radius 3 is 2.25 bits per heavy atom. The van der Waals surface area contributed by atoms with Crippen molar-refractivity contribution in [3.63, 3.8) is 0 Å². The maximum atomic E-state index is 12.0. The third-order valence-electron chi connectivity index (χ3n) is 3.04. The van der Waals surface area contributed by atoms with E-state index in [0.717, 1.165) is 5.75 Å². The number of para-hydroxylation sites is 1. The molecule has 24 heavy (non-hydrogen) atoms. The first-order chi connectivity index (χ1) is 11.6. The molecule has 0 aliphatic heterocycles. The van der Waals surface area contributed by atoms with E-state index >= 15 is 0 Å². The van der Waals surface area contributed by atoms with Gasteiger partial charge in [-0.2, -0.15) is 0 Å². The maximum Gasteiger partial charge on any atom is 0.332 e. The summed E-state index contributed by atoms with van der Waals surface area (Å²) in [6.45, 7) is 1.30. The third-order valence-corrected chi connectivity index (χ3v) is 3.04. The molecule has 6 heteroatoms. The lowest BCUT2D eigenvalue weighted by molar-refractivity contribution is -0.156. The van der Waals surface area contributed by atoms with Crippen molar-refractivity contribution in [1.82, 2.24) is 0 Å². The van der Waals surface area contributed by atoms with Crippen molar-refractivity contribution >= 4 is 17.6 Å². The molecule has 0 heterocycles. The largest absolute Gasteiger partial charge is 0.457 e. The van der Waals surface area contributed by atoms with Crippen LogP contribution in [0.15, 0.2) is 54.6 Å². The Labute approximate surface area is 140 Å². The van der Waals surface area contributed by atoms with Gasteiger partial charge in [0.2, 0.25) is 0 Å². The molecule has 0 unspecified atom stereocenters. The number of rotatable bonds is 7. The Morgan fingerprint density at radius 1 is 1.00 bits per heavy atom. The minimum Gasteiger partial charge on any atom is -0.457 e. The van der Waals surface area contributed by atoms with Crippen LogP contribution in [0.4, 0.5) is 5.69 Å². The van der Waals surface area contributed by atoms with E-state index in [1.165, 1.54) is 14.0 Å². The first kappa shape index (κ1) is 17.5. The van der Waals surface area contributed by atoms with Crippen LogP contribution >= 0.6 is 0 Å². The van der Waals surface area contributed by atoms with E-state index in [1.807, 2.05) is 30.3 Å². The van der Waals surface area contributed by atoms with Gasteiger partial charge in [-0.3, -0.25) is 4.79 Å². The summed E-state index contributed by atoms with van der Waals surface area (Å²) in [5.74, 6) is 0.370. The summed E-state index contributed by atoms with van der Waals surface area (Å²) in [6, 6.07) is 16.3. The van der Waals surface area contributed by atoms with Gasteiger partial charge >= 0.3 is 5.97 Å². The van der Waals surface area contributed by atoms with Crippen LogP contribution in [0.5, 0.6) is 11.5 Å². The minimum absolute atomic E-state index is 0.191. The van der Waals surface area contributed by atoms with Crippen molar-refractivity contribution in [3.05, 3.63) is 54.6 Å². The molecule has 1 N–H and O–H groups in total. The topological polar surface area (TPSA) is 73.9 Å². The van der Waals surface area contributed by atoms with Crippen LogP contribution in [0.2, 0.25) is 0 Å². The van der Waals surface area contributed by atoms with E-state index < -0.39 is 18.0 Å². The number of hydrogen-bond donors (Lipinski definition) is 1. The second kappa shape index (κ2) is 8.69. The van der Waals surface area contributed by atoms with E-state index in [1.54, 1.807) is 24.3 Å². The number of carbonyl (C=O) groups is 2. The first-order valence-electron chi connectivity index (χ1n) is 7.40. The Kier molecular flexibility index (Phi) is 6.33. The van der Waals surface area contributed by atoms with Gasteiger partial charge in [0.05, 0.1) is 0 Å². The molecule has 1 amide bonds. The molecule has 0 fully saturated rings. The van der Waals surface area contributed by atoms with Crippen molar-refractivity contribution in [2.75, 3.05) is 19.0 Å². The molecule has 2 rings (SSSR count). The highest BCUT2D eigenvalue weighted by molar-refractivity contribution is 5.95. The SMILES string of the molecule is COCC(=O)O[C@H](C)C(=O)Nc1ccc(Oc2ccccc2)cc1. The van der Waals surface area contributed by atoms with E-state index in [4.69, 9.17) is 9.47 Å². The van der Waals surface area contributed by atoms with Gasteiger partial charge in [0, 0.05) is 12.8 Å². The highest BCUT2D eigenvalue weighted by Gasteiger charge is 2.17.